The fraction of sp³-hybridized carbons (Fsp3) is 0.875. The molecule has 12 heavy (non-hydrogen) atoms. The van der Waals surface area contributed by atoms with Gasteiger partial charge in [-0.2, -0.15) is 0 Å². The minimum Gasteiger partial charge on any atom is -0.409 e. The SMILES string of the molecule is CC(CC(N)=NO)N(C)C1CC1. The molecule has 4 heteroatoms. The van der Waals surface area contributed by atoms with E-state index in [0.29, 0.717) is 18.3 Å². The Hall–Kier alpha value is -0.770. The maximum Gasteiger partial charge on any atom is 0.140 e. The summed E-state index contributed by atoms with van der Waals surface area (Å²) in [5, 5.41) is 11.3. The van der Waals surface area contributed by atoms with E-state index in [1.807, 2.05) is 0 Å². The summed E-state index contributed by atoms with van der Waals surface area (Å²) >= 11 is 0. The van der Waals surface area contributed by atoms with Crippen LogP contribution in [-0.2, 0) is 0 Å². The highest BCUT2D eigenvalue weighted by Gasteiger charge is 2.29. The predicted molar refractivity (Wildman–Crippen MR) is 48.3 cm³/mol. The summed E-state index contributed by atoms with van der Waals surface area (Å²) in [7, 11) is 2.09. The van der Waals surface area contributed by atoms with Crippen molar-refractivity contribution in [1.82, 2.24) is 4.90 Å². The number of nitrogens with zero attached hydrogens (tertiary/aromatic N) is 2. The molecule has 1 fully saturated rings. The lowest BCUT2D eigenvalue weighted by Crippen LogP contribution is -2.34. The van der Waals surface area contributed by atoms with E-state index in [1.54, 1.807) is 0 Å². The number of oxime groups is 1. The first-order valence-electron chi connectivity index (χ1n) is 4.33. The number of amidine groups is 1. The van der Waals surface area contributed by atoms with Gasteiger partial charge in [-0.25, -0.2) is 0 Å². The smallest absolute Gasteiger partial charge is 0.140 e. The normalized spacial score (nSPS) is 21.4. The van der Waals surface area contributed by atoms with Crippen LogP contribution in [0.25, 0.3) is 0 Å². The molecule has 1 saturated carbocycles. The lowest BCUT2D eigenvalue weighted by molar-refractivity contribution is 0.249. The van der Waals surface area contributed by atoms with Crippen molar-refractivity contribution < 1.29 is 5.21 Å². The molecule has 0 heterocycles. The van der Waals surface area contributed by atoms with Crippen molar-refractivity contribution in [2.24, 2.45) is 10.9 Å². The number of hydrogen-bond donors (Lipinski definition) is 2. The number of rotatable bonds is 4. The van der Waals surface area contributed by atoms with E-state index in [0.717, 1.165) is 6.04 Å². The zero-order valence-electron chi connectivity index (χ0n) is 7.70. The molecule has 1 atom stereocenters. The first-order valence-corrected chi connectivity index (χ1v) is 4.33. The highest BCUT2D eigenvalue weighted by Crippen LogP contribution is 2.27. The number of nitrogens with two attached hydrogens (primary N) is 1. The summed E-state index contributed by atoms with van der Waals surface area (Å²) in [6.45, 7) is 2.09. The zero-order chi connectivity index (χ0) is 9.14. The fourth-order valence-electron chi connectivity index (χ4n) is 1.33. The molecule has 0 aromatic carbocycles. The molecular weight excluding hydrogens is 154 g/mol. The van der Waals surface area contributed by atoms with Gasteiger partial charge in [0.25, 0.3) is 0 Å². The Kier molecular flexibility index (Phi) is 2.92. The van der Waals surface area contributed by atoms with Crippen molar-refractivity contribution in [2.45, 2.75) is 38.3 Å². The lowest BCUT2D eigenvalue weighted by atomic mass is 10.2. The molecule has 4 nitrogen and oxygen atoms in total. The van der Waals surface area contributed by atoms with Gasteiger partial charge >= 0.3 is 0 Å². The summed E-state index contributed by atoms with van der Waals surface area (Å²) in [6, 6.07) is 1.10. The minimum atomic E-state index is 0.315. The second kappa shape index (κ2) is 3.76. The van der Waals surface area contributed by atoms with Crippen LogP contribution < -0.4 is 5.73 Å². The van der Waals surface area contributed by atoms with Crippen molar-refractivity contribution in [3.63, 3.8) is 0 Å². The lowest BCUT2D eigenvalue weighted by Gasteiger charge is -2.23. The molecule has 0 spiro atoms. The molecule has 1 aliphatic rings. The predicted octanol–water partition coefficient (Wildman–Crippen LogP) is 0.606. The van der Waals surface area contributed by atoms with Crippen LogP contribution in [0.3, 0.4) is 0 Å². The molecule has 0 radical (unpaired) electrons. The number of hydrogen-bond acceptors (Lipinski definition) is 3. The van der Waals surface area contributed by atoms with Gasteiger partial charge in [-0.05, 0) is 26.8 Å². The Morgan fingerprint density at radius 1 is 1.75 bits per heavy atom. The molecule has 0 aromatic heterocycles. The van der Waals surface area contributed by atoms with E-state index < -0.39 is 0 Å². The minimum absolute atomic E-state index is 0.315. The Bertz CT molecular complexity index is 177. The van der Waals surface area contributed by atoms with Crippen molar-refractivity contribution >= 4 is 5.84 Å². The van der Waals surface area contributed by atoms with E-state index >= 15 is 0 Å². The largest absolute Gasteiger partial charge is 0.409 e. The molecule has 0 amide bonds. The van der Waals surface area contributed by atoms with Crippen LogP contribution in [0, 0.1) is 0 Å². The Balaban J connectivity index is 2.30. The second-order valence-corrected chi connectivity index (χ2v) is 3.54. The summed E-state index contributed by atoms with van der Waals surface area (Å²) in [5.74, 6) is 0.315. The van der Waals surface area contributed by atoms with E-state index in [2.05, 4.69) is 24.0 Å². The van der Waals surface area contributed by atoms with Gasteiger partial charge in [-0.15, -0.1) is 0 Å². The Labute approximate surface area is 73.0 Å². The molecule has 3 N–H and O–H groups in total. The molecule has 0 aliphatic heterocycles. The van der Waals surface area contributed by atoms with Gasteiger partial charge in [-0.3, -0.25) is 0 Å². The van der Waals surface area contributed by atoms with E-state index in [-0.39, 0.29) is 0 Å². The average molecular weight is 171 g/mol. The first kappa shape index (κ1) is 9.32. The van der Waals surface area contributed by atoms with Crippen molar-refractivity contribution in [1.29, 1.82) is 0 Å². The highest BCUT2D eigenvalue weighted by atomic mass is 16.4. The van der Waals surface area contributed by atoms with Crippen molar-refractivity contribution in [3.05, 3.63) is 0 Å². The van der Waals surface area contributed by atoms with Crippen LogP contribution in [0.5, 0.6) is 0 Å². The molecule has 1 rings (SSSR count). The Morgan fingerprint density at radius 3 is 2.75 bits per heavy atom. The molecular formula is C8H17N3O. The van der Waals surface area contributed by atoms with Gasteiger partial charge in [0.05, 0.1) is 0 Å². The van der Waals surface area contributed by atoms with E-state index in [1.165, 1.54) is 12.8 Å². The van der Waals surface area contributed by atoms with Gasteiger partial charge in [-0.1, -0.05) is 5.16 Å². The molecule has 1 unspecified atom stereocenters. The highest BCUT2D eigenvalue weighted by molar-refractivity contribution is 5.80. The van der Waals surface area contributed by atoms with Gasteiger partial charge in [0, 0.05) is 18.5 Å². The van der Waals surface area contributed by atoms with Crippen LogP contribution in [-0.4, -0.2) is 35.1 Å². The summed E-state index contributed by atoms with van der Waals surface area (Å²) < 4.78 is 0. The molecule has 0 bridgehead atoms. The van der Waals surface area contributed by atoms with Crippen LogP contribution >= 0.6 is 0 Å². The Morgan fingerprint density at radius 2 is 2.33 bits per heavy atom. The van der Waals surface area contributed by atoms with Gasteiger partial charge in [0.15, 0.2) is 0 Å². The second-order valence-electron chi connectivity index (χ2n) is 3.54. The third-order valence-corrected chi connectivity index (χ3v) is 2.45. The molecule has 70 valence electrons. The summed E-state index contributed by atoms with van der Waals surface area (Å²) in [5.41, 5.74) is 5.41. The third kappa shape index (κ3) is 2.37. The zero-order valence-corrected chi connectivity index (χ0v) is 7.70. The van der Waals surface area contributed by atoms with Gasteiger partial charge in [0.1, 0.15) is 5.84 Å². The molecule has 0 saturated heterocycles. The maximum absolute atomic E-state index is 8.36. The quantitative estimate of drug-likeness (QED) is 0.282. The van der Waals surface area contributed by atoms with Gasteiger partial charge < -0.3 is 15.8 Å². The van der Waals surface area contributed by atoms with E-state index in [9.17, 15) is 0 Å². The molecule has 1 aliphatic carbocycles. The van der Waals surface area contributed by atoms with Crippen LogP contribution in [0.4, 0.5) is 0 Å². The summed E-state index contributed by atoms with van der Waals surface area (Å²) in [4.78, 5) is 2.29. The standard InChI is InChI=1S/C8H17N3O/c1-6(5-8(9)10-12)11(2)7-3-4-7/h6-7,12H,3-5H2,1-2H3,(H2,9,10). The first-order chi connectivity index (χ1) is 5.65. The van der Waals surface area contributed by atoms with Crippen molar-refractivity contribution in [3.8, 4) is 0 Å². The third-order valence-electron chi connectivity index (χ3n) is 2.45. The van der Waals surface area contributed by atoms with Gasteiger partial charge in [0.2, 0.25) is 0 Å². The molecule has 0 aromatic rings. The summed E-state index contributed by atoms with van der Waals surface area (Å²) in [6.07, 6.45) is 3.22. The van der Waals surface area contributed by atoms with Crippen LogP contribution in [0.15, 0.2) is 5.16 Å². The maximum atomic E-state index is 8.36. The monoisotopic (exact) mass is 171 g/mol. The average Bonchev–Trinajstić information content (AvgIpc) is 2.85. The van der Waals surface area contributed by atoms with Crippen molar-refractivity contribution in [2.75, 3.05) is 7.05 Å². The van der Waals surface area contributed by atoms with Crippen LogP contribution in [0.2, 0.25) is 0 Å². The van der Waals surface area contributed by atoms with E-state index in [4.69, 9.17) is 10.9 Å². The fourth-order valence-corrected chi connectivity index (χ4v) is 1.33. The topological polar surface area (TPSA) is 61.9 Å². The van der Waals surface area contributed by atoms with Crippen LogP contribution in [0.1, 0.15) is 26.2 Å².